The van der Waals surface area contributed by atoms with Crippen LogP contribution in [-0.2, 0) is 11.8 Å². The lowest BCUT2D eigenvalue weighted by atomic mass is 10.0. The van der Waals surface area contributed by atoms with Crippen LogP contribution in [0.1, 0.15) is 22.3 Å². The van der Waals surface area contributed by atoms with Gasteiger partial charge in [-0.3, -0.25) is 14.3 Å². The number of amides is 2. The van der Waals surface area contributed by atoms with Gasteiger partial charge in [0.05, 0.1) is 11.8 Å². The average molecular weight is 493 g/mol. The number of nitrogens with one attached hydrogen (secondary N) is 1. The Morgan fingerprint density at radius 1 is 1.00 bits per heavy atom. The molecule has 0 radical (unpaired) electrons. The molecule has 0 spiro atoms. The van der Waals surface area contributed by atoms with Crippen LogP contribution < -0.4 is 11.1 Å². The molecule has 0 bridgehead atoms. The second-order valence-electron chi connectivity index (χ2n) is 9.12. The molecule has 2 aromatic heterocycles. The Kier molecular flexibility index (Phi) is 6.81. The van der Waals surface area contributed by atoms with E-state index in [1.54, 1.807) is 34.1 Å². The van der Waals surface area contributed by atoms with Crippen molar-refractivity contribution < 1.29 is 9.59 Å². The summed E-state index contributed by atoms with van der Waals surface area (Å²) in [5.41, 5.74) is 11.2. The summed E-state index contributed by atoms with van der Waals surface area (Å²) in [6.07, 6.45) is 9.26. The molecule has 186 valence electrons. The first-order valence-corrected chi connectivity index (χ1v) is 12.1. The van der Waals surface area contributed by atoms with E-state index in [2.05, 4.69) is 27.5 Å². The quantitative estimate of drug-likeness (QED) is 0.399. The number of nitrogens with zero attached hydrogens (tertiary/aromatic N) is 4. The zero-order valence-electron chi connectivity index (χ0n) is 20.5. The number of aryl methyl sites for hydroxylation is 1. The fourth-order valence-electron chi connectivity index (χ4n) is 4.42. The van der Waals surface area contributed by atoms with E-state index in [0.717, 1.165) is 27.8 Å². The van der Waals surface area contributed by atoms with E-state index >= 15 is 0 Å². The van der Waals surface area contributed by atoms with Gasteiger partial charge in [0, 0.05) is 55.8 Å². The minimum atomic E-state index is -0.302. The minimum absolute atomic E-state index is 0.0800. The standard InChI is InChI=1S/C29H28N6O2/c1-34-18-24(17-32-34)23-15-26(28(30)31-16-23)29(37)33-25-13-14-35(19-25)27(36)12-9-20-7-10-22(11-8-20)21-5-3-2-4-6-21/h2-12,15-18,25H,13-14,19H2,1H3,(H2,30,31)(H,33,37)/b12-9+/t25-/m1/s1. The highest BCUT2D eigenvalue weighted by Crippen LogP contribution is 2.22. The predicted octanol–water partition coefficient (Wildman–Crippen LogP) is 3.78. The summed E-state index contributed by atoms with van der Waals surface area (Å²) in [7, 11) is 1.83. The monoisotopic (exact) mass is 492 g/mol. The summed E-state index contributed by atoms with van der Waals surface area (Å²) in [6, 6.07) is 19.8. The van der Waals surface area contributed by atoms with Crippen LogP contribution in [0.5, 0.6) is 0 Å². The number of rotatable bonds is 6. The maximum absolute atomic E-state index is 13.0. The fourth-order valence-corrected chi connectivity index (χ4v) is 4.42. The maximum atomic E-state index is 13.0. The molecule has 1 saturated heterocycles. The summed E-state index contributed by atoms with van der Waals surface area (Å²) in [4.78, 5) is 31.6. The van der Waals surface area contributed by atoms with Crippen molar-refractivity contribution in [2.45, 2.75) is 12.5 Å². The highest BCUT2D eigenvalue weighted by Gasteiger charge is 2.27. The number of hydrogen-bond donors (Lipinski definition) is 2. The number of anilines is 1. The van der Waals surface area contributed by atoms with Crippen molar-refractivity contribution in [1.29, 1.82) is 0 Å². The second-order valence-corrected chi connectivity index (χ2v) is 9.12. The number of nitrogens with two attached hydrogens (primary N) is 1. The molecule has 0 saturated carbocycles. The predicted molar refractivity (Wildman–Crippen MR) is 144 cm³/mol. The molecule has 1 atom stereocenters. The van der Waals surface area contributed by atoms with Gasteiger partial charge in [-0.05, 0) is 35.3 Å². The van der Waals surface area contributed by atoms with Crippen molar-refractivity contribution in [2.75, 3.05) is 18.8 Å². The van der Waals surface area contributed by atoms with Crippen molar-refractivity contribution in [1.82, 2.24) is 25.0 Å². The third kappa shape index (κ3) is 5.59. The van der Waals surface area contributed by atoms with Crippen LogP contribution in [0.4, 0.5) is 5.82 Å². The molecule has 2 amide bonds. The zero-order valence-corrected chi connectivity index (χ0v) is 20.5. The van der Waals surface area contributed by atoms with Crippen LogP contribution >= 0.6 is 0 Å². The van der Waals surface area contributed by atoms with Gasteiger partial charge in [0.2, 0.25) is 5.91 Å². The van der Waals surface area contributed by atoms with Crippen molar-refractivity contribution in [3.63, 3.8) is 0 Å². The third-order valence-electron chi connectivity index (χ3n) is 6.47. The van der Waals surface area contributed by atoms with E-state index in [0.29, 0.717) is 25.1 Å². The van der Waals surface area contributed by atoms with Crippen LogP contribution in [0.15, 0.2) is 85.3 Å². The van der Waals surface area contributed by atoms with Crippen molar-refractivity contribution in [3.05, 3.63) is 96.5 Å². The molecule has 1 aliphatic rings. The largest absolute Gasteiger partial charge is 0.383 e. The lowest BCUT2D eigenvalue weighted by Gasteiger charge is -2.16. The Hall–Kier alpha value is -4.72. The molecule has 1 aliphatic heterocycles. The SMILES string of the molecule is Cn1cc(-c2cnc(N)c(C(=O)N[C@@H]3CCN(C(=O)/C=C/c4ccc(-c5ccccc5)cc4)C3)c2)cn1. The summed E-state index contributed by atoms with van der Waals surface area (Å²) in [5, 5.41) is 7.17. The molecule has 0 unspecified atom stereocenters. The van der Waals surface area contributed by atoms with Gasteiger partial charge in [-0.15, -0.1) is 0 Å². The van der Waals surface area contributed by atoms with Crippen molar-refractivity contribution in [2.24, 2.45) is 7.05 Å². The van der Waals surface area contributed by atoms with E-state index in [-0.39, 0.29) is 23.7 Å². The first-order valence-electron chi connectivity index (χ1n) is 12.1. The zero-order chi connectivity index (χ0) is 25.8. The van der Waals surface area contributed by atoms with Crippen LogP contribution in [0.3, 0.4) is 0 Å². The van der Waals surface area contributed by atoms with Gasteiger partial charge in [-0.1, -0.05) is 54.6 Å². The first-order chi connectivity index (χ1) is 18.0. The van der Waals surface area contributed by atoms with Crippen LogP contribution in [0.25, 0.3) is 28.3 Å². The van der Waals surface area contributed by atoms with E-state index < -0.39 is 0 Å². The number of nitrogen functional groups attached to an aromatic ring is 1. The molecular weight excluding hydrogens is 464 g/mol. The molecule has 4 aromatic rings. The minimum Gasteiger partial charge on any atom is -0.383 e. The van der Waals surface area contributed by atoms with E-state index in [1.807, 2.05) is 61.8 Å². The topological polar surface area (TPSA) is 106 Å². The molecule has 8 heteroatoms. The van der Waals surface area contributed by atoms with Crippen LogP contribution in [0, 0.1) is 0 Å². The lowest BCUT2D eigenvalue weighted by Crippen LogP contribution is -2.38. The number of aromatic nitrogens is 3. The Morgan fingerprint density at radius 2 is 1.76 bits per heavy atom. The number of carbonyl (C=O) groups excluding carboxylic acids is 2. The summed E-state index contributed by atoms with van der Waals surface area (Å²) in [5.74, 6) is -0.218. The highest BCUT2D eigenvalue weighted by molar-refractivity contribution is 5.99. The Bertz CT molecular complexity index is 1440. The normalized spacial score (nSPS) is 15.3. The molecular formula is C29H28N6O2. The van der Waals surface area contributed by atoms with E-state index in [1.165, 1.54) is 0 Å². The number of pyridine rings is 1. The van der Waals surface area contributed by atoms with Gasteiger partial charge in [0.1, 0.15) is 5.82 Å². The summed E-state index contributed by atoms with van der Waals surface area (Å²) >= 11 is 0. The Labute approximate surface area is 215 Å². The van der Waals surface area contributed by atoms with Gasteiger partial charge in [-0.25, -0.2) is 4.98 Å². The van der Waals surface area contributed by atoms with Gasteiger partial charge < -0.3 is 16.0 Å². The number of likely N-dealkylation sites (tertiary alicyclic amines) is 1. The van der Waals surface area contributed by atoms with Crippen molar-refractivity contribution >= 4 is 23.7 Å². The molecule has 3 heterocycles. The molecule has 5 rings (SSSR count). The summed E-state index contributed by atoms with van der Waals surface area (Å²) < 4.78 is 1.68. The van der Waals surface area contributed by atoms with Crippen molar-refractivity contribution in [3.8, 4) is 22.3 Å². The first kappa shape index (κ1) is 24.0. The third-order valence-corrected chi connectivity index (χ3v) is 6.47. The second kappa shape index (κ2) is 10.5. The Balaban J connectivity index is 1.18. The molecule has 2 aromatic carbocycles. The average Bonchev–Trinajstić information content (AvgIpc) is 3.57. The number of hydrogen-bond acceptors (Lipinski definition) is 5. The van der Waals surface area contributed by atoms with E-state index in [4.69, 9.17) is 5.73 Å². The molecule has 37 heavy (non-hydrogen) atoms. The maximum Gasteiger partial charge on any atom is 0.255 e. The Morgan fingerprint density at radius 3 is 2.49 bits per heavy atom. The molecule has 3 N–H and O–H groups in total. The fraction of sp³-hybridized carbons (Fsp3) is 0.172. The smallest absolute Gasteiger partial charge is 0.255 e. The molecule has 0 aliphatic carbocycles. The van der Waals surface area contributed by atoms with E-state index in [9.17, 15) is 9.59 Å². The molecule has 8 nitrogen and oxygen atoms in total. The van der Waals surface area contributed by atoms with Gasteiger partial charge in [-0.2, -0.15) is 5.10 Å². The number of carbonyl (C=O) groups is 2. The van der Waals surface area contributed by atoms with Gasteiger partial charge in [0.25, 0.3) is 5.91 Å². The van der Waals surface area contributed by atoms with Gasteiger partial charge >= 0.3 is 0 Å². The van der Waals surface area contributed by atoms with Crippen LogP contribution in [0.2, 0.25) is 0 Å². The lowest BCUT2D eigenvalue weighted by molar-refractivity contribution is -0.125. The highest BCUT2D eigenvalue weighted by atomic mass is 16.2. The van der Waals surface area contributed by atoms with Crippen LogP contribution in [-0.4, -0.2) is 50.6 Å². The number of benzene rings is 2. The van der Waals surface area contributed by atoms with Gasteiger partial charge in [0.15, 0.2) is 0 Å². The molecule has 1 fully saturated rings. The summed E-state index contributed by atoms with van der Waals surface area (Å²) in [6.45, 7) is 1.02.